The van der Waals surface area contributed by atoms with E-state index in [0.717, 1.165) is 11.1 Å². The van der Waals surface area contributed by atoms with Crippen LogP contribution in [-0.2, 0) is 11.2 Å². The van der Waals surface area contributed by atoms with Gasteiger partial charge in [-0.2, -0.15) is 0 Å². The van der Waals surface area contributed by atoms with Crippen molar-refractivity contribution in [2.24, 2.45) is 0 Å². The van der Waals surface area contributed by atoms with Crippen molar-refractivity contribution in [3.63, 3.8) is 0 Å². The van der Waals surface area contributed by atoms with Gasteiger partial charge in [0.15, 0.2) is 0 Å². The van der Waals surface area contributed by atoms with Gasteiger partial charge in [-0.25, -0.2) is 0 Å². The lowest BCUT2D eigenvalue weighted by Gasteiger charge is -2.13. The summed E-state index contributed by atoms with van der Waals surface area (Å²) < 4.78 is 0. The van der Waals surface area contributed by atoms with Crippen LogP contribution in [0.2, 0.25) is 0 Å². The highest BCUT2D eigenvalue weighted by molar-refractivity contribution is 5.76. The Hall–Kier alpha value is -2.09. The largest absolute Gasteiger partial charge is 0.481 e. The minimum Gasteiger partial charge on any atom is -0.481 e. The van der Waals surface area contributed by atoms with Crippen molar-refractivity contribution in [2.45, 2.75) is 26.2 Å². The molecule has 1 N–H and O–H groups in total. The van der Waals surface area contributed by atoms with Gasteiger partial charge < -0.3 is 5.11 Å². The fourth-order valence-corrected chi connectivity index (χ4v) is 2.20. The molecule has 0 aliphatic heterocycles. The van der Waals surface area contributed by atoms with Crippen LogP contribution >= 0.6 is 0 Å². The molecule has 2 nitrogen and oxygen atoms in total. The van der Waals surface area contributed by atoms with Crippen LogP contribution in [0, 0.1) is 13.8 Å². The van der Waals surface area contributed by atoms with E-state index >= 15 is 0 Å². The van der Waals surface area contributed by atoms with E-state index in [-0.39, 0.29) is 0 Å². The summed E-state index contributed by atoms with van der Waals surface area (Å²) in [6.07, 6.45) is 0.528. The Bertz CT molecular complexity index is 573. The van der Waals surface area contributed by atoms with Crippen LogP contribution in [0.5, 0.6) is 0 Å². The summed E-state index contributed by atoms with van der Waals surface area (Å²) in [4.78, 5) is 11.5. The number of aryl methyl sites for hydroxylation is 2. The van der Waals surface area contributed by atoms with Crippen molar-refractivity contribution >= 4 is 5.97 Å². The molecule has 0 bridgehead atoms. The average molecular weight is 254 g/mol. The number of rotatable bonds is 4. The van der Waals surface area contributed by atoms with Crippen LogP contribution in [0.4, 0.5) is 0 Å². The number of carboxylic acids is 1. The lowest BCUT2D eigenvalue weighted by atomic mass is 9.91. The molecule has 0 saturated heterocycles. The molecule has 0 saturated carbocycles. The SMILES string of the molecule is Cc1ccc(C[C@H](C(=O)O)c2ccccc2)cc1C. The molecule has 0 spiro atoms. The van der Waals surface area contributed by atoms with Crippen molar-refractivity contribution in [1.29, 1.82) is 0 Å². The topological polar surface area (TPSA) is 37.3 Å². The highest BCUT2D eigenvalue weighted by Gasteiger charge is 2.20. The Morgan fingerprint density at radius 2 is 1.74 bits per heavy atom. The maximum Gasteiger partial charge on any atom is 0.311 e. The van der Waals surface area contributed by atoms with E-state index in [0.29, 0.717) is 6.42 Å². The molecule has 0 amide bonds. The third-order valence-electron chi connectivity index (χ3n) is 3.51. The Morgan fingerprint density at radius 3 is 2.32 bits per heavy atom. The van der Waals surface area contributed by atoms with E-state index in [1.54, 1.807) is 0 Å². The van der Waals surface area contributed by atoms with Crippen LogP contribution in [-0.4, -0.2) is 11.1 Å². The molecule has 0 aromatic heterocycles. The minimum atomic E-state index is -0.774. The van der Waals surface area contributed by atoms with Gasteiger partial charge >= 0.3 is 5.97 Å². The lowest BCUT2D eigenvalue weighted by Crippen LogP contribution is -2.14. The van der Waals surface area contributed by atoms with Gasteiger partial charge in [-0.3, -0.25) is 4.79 Å². The molecule has 0 aliphatic rings. The highest BCUT2D eigenvalue weighted by Crippen LogP contribution is 2.22. The second-order valence-electron chi connectivity index (χ2n) is 4.92. The third-order valence-corrected chi connectivity index (χ3v) is 3.51. The molecule has 0 heterocycles. The van der Waals surface area contributed by atoms with Crippen LogP contribution in [0.1, 0.15) is 28.2 Å². The second kappa shape index (κ2) is 5.70. The highest BCUT2D eigenvalue weighted by atomic mass is 16.4. The zero-order valence-corrected chi connectivity index (χ0v) is 11.3. The average Bonchev–Trinajstić information content (AvgIpc) is 2.40. The monoisotopic (exact) mass is 254 g/mol. The standard InChI is InChI=1S/C17H18O2/c1-12-8-9-14(10-13(12)2)11-16(17(18)19)15-6-4-3-5-7-15/h3-10,16H,11H2,1-2H3,(H,18,19)/t16-/m0/s1. The van der Waals surface area contributed by atoms with Crippen molar-refractivity contribution in [3.8, 4) is 0 Å². The zero-order valence-electron chi connectivity index (χ0n) is 11.3. The molecule has 2 heteroatoms. The van der Waals surface area contributed by atoms with Crippen molar-refractivity contribution in [3.05, 3.63) is 70.8 Å². The van der Waals surface area contributed by atoms with Crippen LogP contribution in [0.3, 0.4) is 0 Å². The maximum absolute atomic E-state index is 11.5. The molecule has 1 atom stereocenters. The first-order valence-electron chi connectivity index (χ1n) is 6.42. The van der Waals surface area contributed by atoms with Gasteiger partial charge in [0.1, 0.15) is 0 Å². The van der Waals surface area contributed by atoms with Crippen molar-refractivity contribution in [1.82, 2.24) is 0 Å². The van der Waals surface area contributed by atoms with E-state index in [2.05, 4.69) is 26.0 Å². The smallest absolute Gasteiger partial charge is 0.311 e. The predicted octanol–water partition coefficient (Wildman–Crippen LogP) is 3.71. The molecule has 0 unspecified atom stereocenters. The molecule has 2 rings (SSSR count). The van der Waals surface area contributed by atoms with E-state index in [1.165, 1.54) is 11.1 Å². The molecule has 0 fully saturated rings. The van der Waals surface area contributed by atoms with E-state index in [9.17, 15) is 9.90 Å². The fourth-order valence-electron chi connectivity index (χ4n) is 2.20. The summed E-state index contributed by atoms with van der Waals surface area (Å²) >= 11 is 0. The third kappa shape index (κ3) is 3.22. The van der Waals surface area contributed by atoms with Gasteiger partial charge in [0.05, 0.1) is 5.92 Å². The van der Waals surface area contributed by atoms with Crippen LogP contribution in [0.15, 0.2) is 48.5 Å². The minimum absolute atomic E-state index is 0.483. The Balaban J connectivity index is 2.27. The lowest BCUT2D eigenvalue weighted by molar-refractivity contribution is -0.138. The molecule has 0 radical (unpaired) electrons. The molecular formula is C17H18O2. The van der Waals surface area contributed by atoms with Crippen molar-refractivity contribution < 1.29 is 9.90 Å². The van der Waals surface area contributed by atoms with Gasteiger partial charge in [-0.05, 0) is 42.5 Å². The zero-order chi connectivity index (χ0) is 13.8. The van der Waals surface area contributed by atoms with Gasteiger partial charge in [-0.15, -0.1) is 0 Å². The summed E-state index contributed by atoms with van der Waals surface area (Å²) in [5.74, 6) is -1.26. The van der Waals surface area contributed by atoms with E-state index in [4.69, 9.17) is 0 Å². The molecule has 19 heavy (non-hydrogen) atoms. The first kappa shape index (κ1) is 13.3. The summed E-state index contributed by atoms with van der Waals surface area (Å²) in [6.45, 7) is 4.11. The normalized spacial score (nSPS) is 12.1. The first-order valence-corrected chi connectivity index (χ1v) is 6.42. The molecular weight excluding hydrogens is 236 g/mol. The van der Waals surface area contributed by atoms with Gasteiger partial charge in [0.2, 0.25) is 0 Å². The fraction of sp³-hybridized carbons (Fsp3) is 0.235. The molecule has 2 aromatic carbocycles. The van der Waals surface area contributed by atoms with Crippen LogP contribution in [0.25, 0.3) is 0 Å². The second-order valence-corrected chi connectivity index (χ2v) is 4.92. The van der Waals surface area contributed by atoms with E-state index in [1.807, 2.05) is 36.4 Å². The van der Waals surface area contributed by atoms with E-state index < -0.39 is 11.9 Å². The maximum atomic E-state index is 11.5. The quantitative estimate of drug-likeness (QED) is 0.903. The van der Waals surface area contributed by atoms with Crippen LogP contribution < -0.4 is 0 Å². The summed E-state index contributed by atoms with van der Waals surface area (Å²) in [5, 5.41) is 9.41. The Morgan fingerprint density at radius 1 is 1.05 bits per heavy atom. The number of benzene rings is 2. The molecule has 98 valence electrons. The summed E-state index contributed by atoms with van der Waals surface area (Å²) in [6, 6.07) is 15.6. The predicted molar refractivity (Wildman–Crippen MR) is 76.4 cm³/mol. The first-order chi connectivity index (χ1) is 9.08. The summed E-state index contributed by atoms with van der Waals surface area (Å²) in [7, 11) is 0. The van der Waals surface area contributed by atoms with Gasteiger partial charge in [-0.1, -0.05) is 48.5 Å². The molecule has 0 aliphatic carbocycles. The van der Waals surface area contributed by atoms with Gasteiger partial charge in [0.25, 0.3) is 0 Å². The number of carbonyl (C=O) groups is 1. The molecule has 2 aromatic rings. The number of carboxylic acid groups (broad SMARTS) is 1. The Labute approximate surface area is 113 Å². The summed E-state index contributed by atoms with van der Waals surface area (Å²) in [5.41, 5.74) is 4.36. The number of hydrogen-bond donors (Lipinski definition) is 1. The van der Waals surface area contributed by atoms with Crippen molar-refractivity contribution in [2.75, 3.05) is 0 Å². The number of aliphatic carboxylic acids is 1. The Kier molecular flexibility index (Phi) is 4.00. The number of hydrogen-bond acceptors (Lipinski definition) is 1. The van der Waals surface area contributed by atoms with Gasteiger partial charge in [0, 0.05) is 0 Å².